The molecule has 2 amide bonds. The van der Waals surface area contributed by atoms with Crippen LogP contribution in [0, 0.1) is 13.8 Å². The van der Waals surface area contributed by atoms with Gasteiger partial charge in [0.25, 0.3) is 5.91 Å². The molecule has 1 heterocycles. The fraction of sp³-hybridized carbons (Fsp3) is 0.188. The van der Waals surface area contributed by atoms with Gasteiger partial charge < -0.3 is 26.0 Å². The van der Waals surface area contributed by atoms with Crippen molar-refractivity contribution in [2.75, 3.05) is 28.4 Å². The molecule has 3 aromatic carbocycles. The van der Waals surface area contributed by atoms with E-state index in [2.05, 4.69) is 21.3 Å². The van der Waals surface area contributed by atoms with Gasteiger partial charge in [-0.05, 0) is 80.5 Å². The topological polar surface area (TPSA) is 109 Å². The Labute approximate surface area is 264 Å². The molecule has 1 atom stereocenters. The summed E-state index contributed by atoms with van der Waals surface area (Å²) in [5.74, 6) is -1.29. The van der Waals surface area contributed by atoms with Crippen LogP contribution in [0.4, 0.5) is 22.1 Å². The number of rotatable bonds is 10. The number of ether oxygens (including phenoxy) is 1. The molecule has 4 aromatic rings. The van der Waals surface area contributed by atoms with E-state index >= 15 is 0 Å². The molecule has 0 spiro atoms. The minimum Gasteiger partial charge on any atom is -0.465 e. The average molecular weight is 633 g/mol. The molecule has 0 saturated heterocycles. The first kappa shape index (κ1) is 31.7. The van der Waals surface area contributed by atoms with Crippen LogP contribution in [0.5, 0.6) is 0 Å². The predicted molar refractivity (Wildman–Crippen MR) is 181 cm³/mol. The summed E-state index contributed by atoms with van der Waals surface area (Å²) >= 11 is 7.91. The number of hydrogen-bond acceptors (Lipinski definition) is 7. The maximum absolute atomic E-state index is 13.5. The lowest BCUT2D eigenvalue weighted by Crippen LogP contribution is -2.25. The van der Waals surface area contributed by atoms with E-state index < -0.39 is 11.2 Å². The number of carbonyl (C=O) groups is 3. The SMILES string of the molecule is CCC(Sc1cccc(NC(=S)Nc2ccc(C)cc2)c1)C(=O)Nc1sc(C(=O)Nc2ccccc2)c(C)c1C(=O)OC. The van der Waals surface area contributed by atoms with Crippen LogP contribution in [0.25, 0.3) is 0 Å². The number of nitrogens with one attached hydrogen (secondary N) is 4. The number of amides is 2. The Morgan fingerprint density at radius 3 is 2.19 bits per heavy atom. The van der Waals surface area contributed by atoms with Gasteiger partial charge in [0.1, 0.15) is 5.00 Å². The zero-order chi connectivity index (χ0) is 30.9. The monoisotopic (exact) mass is 632 g/mol. The van der Waals surface area contributed by atoms with Gasteiger partial charge in [-0.2, -0.15) is 0 Å². The number of para-hydroxylation sites is 1. The molecule has 0 aliphatic carbocycles. The van der Waals surface area contributed by atoms with Gasteiger partial charge in [0, 0.05) is 22.0 Å². The van der Waals surface area contributed by atoms with Gasteiger partial charge in [0.05, 0.1) is 22.8 Å². The standard InChI is InChI=1S/C32H32N4O4S3/c1-5-25(42-24-13-9-12-23(18-24)35-32(41)34-22-16-14-19(2)15-17-22)28(37)36-30-26(31(39)40-4)20(3)27(43-30)29(38)33-21-10-7-6-8-11-21/h6-18,25H,5H2,1-4H3,(H,33,38)(H,36,37)(H2,34,35,41). The van der Waals surface area contributed by atoms with Crippen LogP contribution >= 0.6 is 35.3 Å². The Morgan fingerprint density at radius 1 is 0.860 bits per heavy atom. The van der Waals surface area contributed by atoms with E-state index in [1.807, 2.05) is 80.6 Å². The summed E-state index contributed by atoms with van der Waals surface area (Å²) in [7, 11) is 1.27. The molecule has 1 aromatic heterocycles. The van der Waals surface area contributed by atoms with Crippen molar-refractivity contribution in [3.05, 3.63) is 100 Å². The van der Waals surface area contributed by atoms with Gasteiger partial charge in [0.2, 0.25) is 5.91 Å². The van der Waals surface area contributed by atoms with Crippen molar-refractivity contribution in [2.45, 2.75) is 37.3 Å². The summed E-state index contributed by atoms with van der Waals surface area (Å²) in [5, 5.41) is 12.3. The zero-order valence-corrected chi connectivity index (χ0v) is 26.6. The molecule has 222 valence electrons. The first-order valence-corrected chi connectivity index (χ1v) is 15.6. The number of thioether (sulfide) groups is 1. The molecular formula is C32H32N4O4S3. The van der Waals surface area contributed by atoms with Gasteiger partial charge in [-0.15, -0.1) is 23.1 Å². The smallest absolute Gasteiger partial charge is 0.341 e. The molecule has 8 nitrogen and oxygen atoms in total. The number of methoxy groups -OCH3 is 1. The third-order valence-electron chi connectivity index (χ3n) is 6.35. The average Bonchev–Trinajstić information content (AvgIpc) is 3.32. The lowest BCUT2D eigenvalue weighted by molar-refractivity contribution is -0.115. The van der Waals surface area contributed by atoms with Crippen molar-refractivity contribution in [1.82, 2.24) is 0 Å². The van der Waals surface area contributed by atoms with Gasteiger partial charge in [-0.3, -0.25) is 9.59 Å². The summed E-state index contributed by atoms with van der Waals surface area (Å²) in [4.78, 5) is 40.4. The van der Waals surface area contributed by atoms with Crippen LogP contribution in [-0.4, -0.2) is 35.3 Å². The number of carbonyl (C=O) groups excluding carboxylic acids is 3. The number of hydrogen-bond donors (Lipinski definition) is 4. The lowest BCUT2D eigenvalue weighted by atomic mass is 10.1. The van der Waals surface area contributed by atoms with E-state index in [9.17, 15) is 14.4 Å². The van der Waals surface area contributed by atoms with Crippen LogP contribution in [0.15, 0.2) is 83.8 Å². The number of aryl methyl sites for hydroxylation is 1. The van der Waals surface area contributed by atoms with Crippen molar-refractivity contribution >= 4 is 80.3 Å². The van der Waals surface area contributed by atoms with E-state index in [1.54, 1.807) is 19.1 Å². The highest BCUT2D eigenvalue weighted by molar-refractivity contribution is 8.00. The summed E-state index contributed by atoms with van der Waals surface area (Å²) in [5.41, 5.74) is 4.05. The summed E-state index contributed by atoms with van der Waals surface area (Å²) in [6.45, 7) is 5.61. The minimum atomic E-state index is -0.627. The second kappa shape index (κ2) is 14.8. The van der Waals surface area contributed by atoms with E-state index in [-0.39, 0.29) is 22.4 Å². The fourth-order valence-corrected chi connectivity index (χ4v) is 6.47. The normalized spacial score (nSPS) is 11.3. The fourth-order valence-electron chi connectivity index (χ4n) is 4.13. The molecule has 1 unspecified atom stereocenters. The number of anilines is 4. The molecule has 0 fully saturated rings. The maximum Gasteiger partial charge on any atom is 0.341 e. The minimum absolute atomic E-state index is 0.166. The second-order valence-corrected chi connectivity index (χ2v) is 12.3. The highest BCUT2D eigenvalue weighted by Crippen LogP contribution is 2.36. The van der Waals surface area contributed by atoms with E-state index in [0.29, 0.717) is 27.7 Å². The number of benzene rings is 3. The Balaban J connectivity index is 1.46. The van der Waals surface area contributed by atoms with Crippen molar-refractivity contribution in [1.29, 1.82) is 0 Å². The van der Waals surface area contributed by atoms with Gasteiger partial charge >= 0.3 is 5.97 Å². The van der Waals surface area contributed by atoms with Crippen LogP contribution in [0.3, 0.4) is 0 Å². The van der Waals surface area contributed by atoms with Crippen molar-refractivity contribution in [3.8, 4) is 0 Å². The van der Waals surface area contributed by atoms with Gasteiger partial charge in [0.15, 0.2) is 5.11 Å². The van der Waals surface area contributed by atoms with Crippen LogP contribution in [-0.2, 0) is 9.53 Å². The lowest BCUT2D eigenvalue weighted by Gasteiger charge is -2.16. The molecule has 0 aliphatic rings. The Kier molecular flexibility index (Phi) is 10.9. The summed E-state index contributed by atoms with van der Waals surface area (Å²) in [6.07, 6.45) is 0.529. The highest BCUT2D eigenvalue weighted by atomic mass is 32.2. The Hall–Kier alpha value is -4.19. The van der Waals surface area contributed by atoms with Crippen molar-refractivity contribution in [2.24, 2.45) is 0 Å². The molecule has 0 aliphatic heterocycles. The third-order valence-corrected chi connectivity index (χ3v) is 9.12. The molecule has 43 heavy (non-hydrogen) atoms. The maximum atomic E-state index is 13.5. The summed E-state index contributed by atoms with van der Waals surface area (Å²) in [6, 6.07) is 24.6. The molecule has 11 heteroatoms. The highest BCUT2D eigenvalue weighted by Gasteiger charge is 2.28. The van der Waals surface area contributed by atoms with Gasteiger partial charge in [-0.25, -0.2) is 4.79 Å². The molecule has 0 bridgehead atoms. The molecular weight excluding hydrogens is 601 g/mol. The third kappa shape index (κ3) is 8.44. The molecule has 0 radical (unpaired) electrons. The Bertz CT molecular complexity index is 1620. The molecule has 0 saturated carbocycles. The largest absolute Gasteiger partial charge is 0.465 e. The first-order valence-electron chi connectivity index (χ1n) is 13.5. The first-order chi connectivity index (χ1) is 20.7. The van der Waals surface area contributed by atoms with Crippen LogP contribution in [0.2, 0.25) is 0 Å². The van der Waals surface area contributed by atoms with Crippen LogP contribution in [0.1, 0.15) is 44.5 Å². The zero-order valence-electron chi connectivity index (χ0n) is 24.1. The quantitative estimate of drug-likeness (QED) is 0.0800. The van der Waals surface area contributed by atoms with E-state index in [0.717, 1.165) is 33.2 Å². The predicted octanol–water partition coefficient (Wildman–Crippen LogP) is 7.72. The molecule has 4 N–H and O–H groups in total. The second-order valence-electron chi connectivity index (χ2n) is 9.55. The number of esters is 1. The summed E-state index contributed by atoms with van der Waals surface area (Å²) < 4.78 is 4.98. The van der Waals surface area contributed by atoms with E-state index in [1.165, 1.54) is 18.9 Å². The molecule has 4 rings (SSSR count). The van der Waals surface area contributed by atoms with Gasteiger partial charge in [-0.1, -0.05) is 48.9 Å². The van der Waals surface area contributed by atoms with Crippen molar-refractivity contribution < 1.29 is 19.1 Å². The van der Waals surface area contributed by atoms with E-state index in [4.69, 9.17) is 17.0 Å². The van der Waals surface area contributed by atoms with Crippen LogP contribution < -0.4 is 21.3 Å². The number of thiophene rings is 1. The van der Waals surface area contributed by atoms with Crippen molar-refractivity contribution in [3.63, 3.8) is 0 Å². The Morgan fingerprint density at radius 2 is 1.51 bits per heavy atom. The number of thiocarbonyl (C=S) groups is 1.